The van der Waals surface area contributed by atoms with E-state index in [0.29, 0.717) is 17.8 Å². The Morgan fingerprint density at radius 2 is 1.78 bits per heavy atom. The minimum atomic E-state index is -1.13. The lowest BCUT2D eigenvalue weighted by Gasteiger charge is -2.36. The third kappa shape index (κ3) is 4.17. The second kappa shape index (κ2) is 6.96. The van der Waals surface area contributed by atoms with Gasteiger partial charge in [0.1, 0.15) is 16.1 Å². The first-order chi connectivity index (χ1) is 10.9. The molecule has 0 N–H and O–H groups in total. The summed E-state index contributed by atoms with van der Waals surface area (Å²) in [5, 5.41) is 0. The van der Waals surface area contributed by atoms with Gasteiger partial charge in [-0.25, -0.2) is 0 Å². The Morgan fingerprint density at radius 3 is 2.35 bits per heavy atom. The van der Waals surface area contributed by atoms with Crippen molar-refractivity contribution in [3.63, 3.8) is 0 Å². The molecule has 0 spiro atoms. The fourth-order valence-electron chi connectivity index (χ4n) is 3.86. The van der Waals surface area contributed by atoms with Crippen molar-refractivity contribution in [2.75, 3.05) is 13.1 Å². The molecule has 4 heteroatoms. The second-order valence-corrected chi connectivity index (χ2v) is 9.90. The molecule has 1 aliphatic carbocycles. The van der Waals surface area contributed by atoms with Crippen LogP contribution in [0.25, 0.3) is 0 Å². The molecular weight excluding hydrogens is 304 g/mol. The third-order valence-corrected chi connectivity index (χ3v) is 6.44. The van der Waals surface area contributed by atoms with E-state index in [4.69, 9.17) is 0 Å². The van der Waals surface area contributed by atoms with E-state index < -0.39 is 11.4 Å². The van der Waals surface area contributed by atoms with E-state index in [1.807, 2.05) is 27.0 Å². The number of hydrogen-bond acceptors (Lipinski definition) is 3. The van der Waals surface area contributed by atoms with Crippen LogP contribution in [0.15, 0.2) is 34.7 Å². The molecule has 2 bridgehead atoms. The lowest BCUT2D eigenvalue weighted by molar-refractivity contribution is 0.136. The molecule has 0 aromatic heterocycles. The van der Waals surface area contributed by atoms with Crippen molar-refractivity contribution >= 4 is 17.6 Å². The van der Waals surface area contributed by atoms with Crippen LogP contribution in [0.1, 0.15) is 39.2 Å². The van der Waals surface area contributed by atoms with E-state index in [-0.39, 0.29) is 4.75 Å². The fourth-order valence-corrected chi connectivity index (χ4v) is 4.43. The molecule has 0 unspecified atom stereocenters. The number of benzene rings is 1. The largest absolute Gasteiger partial charge is 0.591 e. The number of nitrogens with zero attached hydrogens (tertiary/aromatic N) is 2. The summed E-state index contributed by atoms with van der Waals surface area (Å²) in [5.74, 6) is 1.88. The summed E-state index contributed by atoms with van der Waals surface area (Å²) >= 11 is -1.13. The van der Waals surface area contributed by atoms with Crippen molar-refractivity contribution in [1.29, 1.82) is 0 Å². The van der Waals surface area contributed by atoms with Gasteiger partial charge < -0.3 is 4.55 Å². The molecule has 126 valence electrons. The standard InChI is InChI=1S/C19H28N2OS/c1-19(2,3)23(22)20-11-18-16-9-10-17(18)14-21(13-16)12-15-7-5-4-6-8-15/h4-8,11,16-18H,9-10,12-14H2,1-3H3/b20-11+/t16-,17+,18-,23-/m1/s1. The highest BCUT2D eigenvalue weighted by atomic mass is 32.2. The minimum Gasteiger partial charge on any atom is -0.591 e. The van der Waals surface area contributed by atoms with Crippen LogP contribution in [-0.2, 0) is 17.9 Å². The summed E-state index contributed by atoms with van der Waals surface area (Å²) in [6.45, 7) is 9.28. The molecule has 1 saturated carbocycles. The van der Waals surface area contributed by atoms with E-state index in [2.05, 4.69) is 39.6 Å². The molecule has 4 atom stereocenters. The van der Waals surface area contributed by atoms with Crippen molar-refractivity contribution < 1.29 is 4.55 Å². The van der Waals surface area contributed by atoms with Crippen molar-refractivity contribution in [2.45, 2.75) is 44.9 Å². The molecule has 1 aliphatic heterocycles. The molecule has 3 nitrogen and oxygen atoms in total. The zero-order valence-electron chi connectivity index (χ0n) is 14.4. The maximum Gasteiger partial charge on any atom is 0.144 e. The quantitative estimate of drug-likeness (QED) is 0.623. The van der Waals surface area contributed by atoms with Gasteiger partial charge >= 0.3 is 0 Å². The topological polar surface area (TPSA) is 38.7 Å². The molecular formula is C19H28N2OS. The molecule has 2 aliphatic rings. The summed E-state index contributed by atoms with van der Waals surface area (Å²) in [7, 11) is 0. The highest BCUT2D eigenvalue weighted by molar-refractivity contribution is 7.91. The summed E-state index contributed by atoms with van der Waals surface area (Å²) in [5.41, 5.74) is 1.40. The van der Waals surface area contributed by atoms with Gasteiger partial charge in [0.2, 0.25) is 0 Å². The zero-order chi connectivity index (χ0) is 16.4. The molecule has 23 heavy (non-hydrogen) atoms. The number of hydrogen-bond donors (Lipinski definition) is 0. The number of piperidine rings is 1. The van der Waals surface area contributed by atoms with Gasteiger partial charge in [-0.15, -0.1) is 0 Å². The van der Waals surface area contributed by atoms with Crippen LogP contribution in [0.4, 0.5) is 0 Å². The monoisotopic (exact) mass is 332 g/mol. The number of likely N-dealkylation sites (tertiary alicyclic amines) is 1. The van der Waals surface area contributed by atoms with Gasteiger partial charge in [0.05, 0.1) is 6.21 Å². The summed E-state index contributed by atoms with van der Waals surface area (Å²) in [4.78, 5) is 2.59. The first kappa shape index (κ1) is 17.0. The van der Waals surface area contributed by atoms with Crippen LogP contribution in [0.5, 0.6) is 0 Å². The first-order valence-electron chi connectivity index (χ1n) is 8.66. The van der Waals surface area contributed by atoms with E-state index in [9.17, 15) is 4.55 Å². The highest BCUT2D eigenvalue weighted by Gasteiger charge is 2.41. The molecule has 0 amide bonds. The van der Waals surface area contributed by atoms with Gasteiger partial charge in [-0.1, -0.05) is 34.7 Å². The lowest BCUT2D eigenvalue weighted by Crippen LogP contribution is -2.42. The highest BCUT2D eigenvalue weighted by Crippen LogP contribution is 2.41. The van der Waals surface area contributed by atoms with E-state index in [1.54, 1.807) is 0 Å². The Hall–Kier alpha value is -0.840. The zero-order valence-corrected chi connectivity index (χ0v) is 15.3. The van der Waals surface area contributed by atoms with Crippen LogP contribution >= 0.6 is 0 Å². The maximum atomic E-state index is 12.1. The average molecular weight is 333 g/mol. The summed E-state index contributed by atoms with van der Waals surface area (Å²) in [6, 6.07) is 10.7. The Labute approximate surface area is 143 Å². The first-order valence-corrected chi connectivity index (χ1v) is 9.76. The van der Waals surface area contributed by atoms with E-state index in [0.717, 1.165) is 19.6 Å². The van der Waals surface area contributed by atoms with Crippen LogP contribution in [0.2, 0.25) is 0 Å². The minimum absolute atomic E-state index is 0.260. The van der Waals surface area contributed by atoms with Crippen LogP contribution in [0.3, 0.4) is 0 Å². The molecule has 1 saturated heterocycles. The molecule has 1 aromatic rings. The molecule has 3 rings (SSSR count). The SMILES string of the molecule is CC(C)(C)[S@@+]([O-])/N=C/[C@@H]1[C@@H]2CC[C@H]1CN(Cc1ccccc1)C2. The second-order valence-electron chi connectivity index (χ2n) is 7.97. The Bertz CT molecular complexity index is 526. The third-order valence-electron chi connectivity index (χ3n) is 5.08. The Morgan fingerprint density at radius 1 is 1.17 bits per heavy atom. The van der Waals surface area contributed by atoms with Gasteiger partial charge in [0, 0.05) is 25.6 Å². The van der Waals surface area contributed by atoms with Crippen LogP contribution < -0.4 is 0 Å². The normalized spacial score (nSPS) is 30.0. The fraction of sp³-hybridized carbons (Fsp3) is 0.632. The molecule has 1 heterocycles. The number of fused-ring (bicyclic) bond motifs is 2. The van der Waals surface area contributed by atoms with Crippen molar-refractivity contribution in [1.82, 2.24) is 4.90 Å². The Kier molecular flexibility index (Phi) is 5.14. The van der Waals surface area contributed by atoms with Gasteiger partial charge in [0.25, 0.3) is 0 Å². The Balaban J connectivity index is 1.60. The van der Waals surface area contributed by atoms with Gasteiger partial charge in [-0.3, -0.25) is 4.90 Å². The average Bonchev–Trinajstić information content (AvgIpc) is 2.74. The van der Waals surface area contributed by atoms with Gasteiger partial charge in [0.15, 0.2) is 0 Å². The lowest BCUT2D eigenvalue weighted by atomic mass is 9.86. The number of rotatable bonds is 4. The molecule has 0 radical (unpaired) electrons. The van der Waals surface area contributed by atoms with Crippen molar-refractivity contribution in [2.24, 2.45) is 22.2 Å². The summed E-state index contributed by atoms with van der Waals surface area (Å²) < 4.78 is 16.3. The van der Waals surface area contributed by atoms with E-state index >= 15 is 0 Å². The van der Waals surface area contributed by atoms with Crippen molar-refractivity contribution in [3.05, 3.63) is 35.9 Å². The predicted molar refractivity (Wildman–Crippen MR) is 97.8 cm³/mol. The summed E-state index contributed by atoms with van der Waals surface area (Å²) in [6.07, 6.45) is 4.60. The van der Waals surface area contributed by atoms with Crippen LogP contribution in [0, 0.1) is 17.8 Å². The molecule has 1 aromatic carbocycles. The van der Waals surface area contributed by atoms with Gasteiger partial charge in [-0.05, 0) is 51.0 Å². The van der Waals surface area contributed by atoms with Crippen molar-refractivity contribution in [3.8, 4) is 0 Å². The molecule has 2 fully saturated rings. The van der Waals surface area contributed by atoms with Gasteiger partial charge in [-0.2, -0.15) is 0 Å². The van der Waals surface area contributed by atoms with E-state index in [1.165, 1.54) is 18.4 Å². The predicted octanol–water partition coefficient (Wildman–Crippen LogP) is 3.68. The van der Waals surface area contributed by atoms with Crippen LogP contribution in [-0.4, -0.2) is 33.5 Å². The maximum absolute atomic E-state index is 12.1. The smallest absolute Gasteiger partial charge is 0.144 e.